The first-order valence-corrected chi connectivity index (χ1v) is 13.7. The number of carbonyl (C=O) groups excluding carboxylic acids is 1. The molecular weight excluding hydrogens is 474 g/mol. The number of carbonyl (C=O) groups is 1. The van der Waals surface area contributed by atoms with Crippen molar-refractivity contribution in [1.82, 2.24) is 5.43 Å². The van der Waals surface area contributed by atoms with Crippen LogP contribution in [0.4, 0.5) is 0 Å². The van der Waals surface area contributed by atoms with Crippen LogP contribution in [0.25, 0.3) is 0 Å². The van der Waals surface area contributed by atoms with Crippen molar-refractivity contribution in [3.05, 3.63) is 23.8 Å². The molecule has 1 heterocycles. The fourth-order valence-corrected chi connectivity index (χ4v) is 8.64. The third-order valence-corrected chi connectivity index (χ3v) is 11.0. The van der Waals surface area contributed by atoms with Gasteiger partial charge in [-0.2, -0.15) is 5.10 Å². The number of hydrogen-bond donors (Lipinski definition) is 1. The molecule has 0 fully saturated rings. The average Bonchev–Trinajstić information content (AvgIpc) is 3.27. The van der Waals surface area contributed by atoms with Gasteiger partial charge in [-0.25, -0.2) is 0 Å². The molecule has 0 amide bonds. The largest absolute Gasteiger partial charge is 0.497 e. The lowest BCUT2D eigenvalue weighted by atomic mass is 10.0. The summed E-state index contributed by atoms with van der Waals surface area (Å²) < 4.78 is 60.5. The molecule has 0 atom stereocenters. The monoisotopic (exact) mass is 506 g/mol. The fourth-order valence-electron chi connectivity index (χ4n) is 3.35. The molecule has 186 valence electrons. The van der Waals surface area contributed by atoms with Crippen LogP contribution in [0, 0.1) is 0 Å². The molecule has 0 saturated carbocycles. The smallest absolute Gasteiger partial charge is 0.370 e. The van der Waals surface area contributed by atoms with Crippen LogP contribution >= 0.6 is 15.2 Å². The predicted molar refractivity (Wildman–Crippen MR) is 124 cm³/mol. The Kier molecular flexibility index (Phi) is 9.67. The van der Waals surface area contributed by atoms with Gasteiger partial charge in [-0.05, 0) is 39.8 Å². The summed E-state index contributed by atoms with van der Waals surface area (Å²) in [6.07, 6.45) is -0.375. The number of ether oxygens (including phenoxy) is 2. The van der Waals surface area contributed by atoms with Crippen molar-refractivity contribution in [3.8, 4) is 11.5 Å². The number of nitrogens with zero attached hydrogens (tertiary/aromatic N) is 1. The van der Waals surface area contributed by atoms with Crippen LogP contribution < -0.4 is 14.9 Å². The van der Waals surface area contributed by atoms with Crippen molar-refractivity contribution >= 4 is 26.7 Å². The maximum atomic E-state index is 14.0. The molecule has 2 rings (SSSR count). The van der Waals surface area contributed by atoms with Crippen molar-refractivity contribution in [2.75, 3.05) is 40.6 Å². The van der Waals surface area contributed by atoms with Crippen LogP contribution in [0.3, 0.4) is 0 Å². The summed E-state index contributed by atoms with van der Waals surface area (Å²) in [7, 11) is -5.51. The highest BCUT2D eigenvalue weighted by Gasteiger charge is 2.68. The first-order chi connectivity index (χ1) is 15.7. The summed E-state index contributed by atoms with van der Waals surface area (Å²) in [4.78, 5) is 13.3. The van der Waals surface area contributed by atoms with Gasteiger partial charge in [0.15, 0.2) is 0 Å². The first kappa shape index (κ1) is 27.5. The van der Waals surface area contributed by atoms with E-state index in [1.165, 1.54) is 26.4 Å². The van der Waals surface area contributed by atoms with E-state index in [4.69, 9.17) is 27.6 Å². The Morgan fingerprint density at radius 1 is 0.879 bits per heavy atom. The molecule has 1 N–H and O–H groups in total. The van der Waals surface area contributed by atoms with E-state index in [-0.39, 0.29) is 44.1 Å². The fraction of sp³-hybridized carbons (Fsp3) is 0.600. The second kappa shape index (κ2) is 11.6. The number of benzene rings is 1. The Balaban J connectivity index is 2.58. The summed E-state index contributed by atoms with van der Waals surface area (Å²) in [5, 5.41) is 2.07. The summed E-state index contributed by atoms with van der Waals surface area (Å²) in [5.41, 5.74) is 2.79. The van der Waals surface area contributed by atoms with Gasteiger partial charge in [0.05, 0.1) is 40.6 Å². The SMILES string of the molecule is CCOP(=O)(OCC)C1(P(=O)(OCC)OCC)CC(C(=O)c2cc(OC)cc(OC)c2)=NN1. The van der Waals surface area contributed by atoms with E-state index in [0.717, 1.165) is 0 Å². The van der Waals surface area contributed by atoms with Gasteiger partial charge in [0.1, 0.15) is 17.2 Å². The van der Waals surface area contributed by atoms with Crippen LogP contribution in [0.1, 0.15) is 44.5 Å². The first-order valence-electron chi connectivity index (χ1n) is 10.6. The molecule has 0 radical (unpaired) electrons. The normalized spacial score (nSPS) is 15.6. The predicted octanol–water partition coefficient (Wildman–Crippen LogP) is 4.42. The molecule has 1 aliphatic rings. The number of hydrogen-bond acceptors (Lipinski definition) is 11. The van der Waals surface area contributed by atoms with Gasteiger partial charge in [-0.1, -0.05) is 0 Å². The van der Waals surface area contributed by atoms with Gasteiger partial charge in [-0.15, -0.1) is 0 Å². The molecule has 13 heteroatoms. The van der Waals surface area contributed by atoms with E-state index in [0.29, 0.717) is 11.5 Å². The molecular formula is C20H32N2O9P2. The highest BCUT2D eigenvalue weighted by Crippen LogP contribution is 2.78. The molecule has 1 aromatic rings. The van der Waals surface area contributed by atoms with Gasteiger partial charge in [0, 0.05) is 18.1 Å². The Bertz CT molecular complexity index is 895. The molecule has 11 nitrogen and oxygen atoms in total. The third-order valence-electron chi connectivity index (χ3n) is 4.76. The van der Waals surface area contributed by atoms with Crippen LogP contribution in [0.5, 0.6) is 11.5 Å². The molecule has 33 heavy (non-hydrogen) atoms. The zero-order valence-corrected chi connectivity index (χ0v) is 21.6. The zero-order chi connectivity index (χ0) is 24.7. The van der Waals surface area contributed by atoms with Crippen molar-refractivity contribution in [1.29, 1.82) is 0 Å². The van der Waals surface area contributed by atoms with Gasteiger partial charge in [0.2, 0.25) is 5.78 Å². The van der Waals surface area contributed by atoms with E-state index < -0.39 is 26.0 Å². The number of hydrazone groups is 1. The van der Waals surface area contributed by atoms with Crippen molar-refractivity contribution in [3.63, 3.8) is 0 Å². The minimum absolute atomic E-state index is 0.00464. The highest BCUT2D eigenvalue weighted by molar-refractivity contribution is 7.74. The van der Waals surface area contributed by atoms with Crippen LogP contribution in [0.15, 0.2) is 23.3 Å². The van der Waals surface area contributed by atoms with E-state index in [1.54, 1.807) is 33.8 Å². The number of rotatable bonds is 14. The number of nitrogens with one attached hydrogen (secondary N) is 1. The number of Topliss-reactive ketones (excluding diaryl/α,β-unsaturated/α-hetero) is 1. The van der Waals surface area contributed by atoms with Crippen molar-refractivity contribution in [2.45, 2.75) is 39.1 Å². The summed E-state index contributed by atoms with van der Waals surface area (Å²) in [6.45, 7) is 6.47. The van der Waals surface area contributed by atoms with Crippen molar-refractivity contribution in [2.24, 2.45) is 5.10 Å². The summed E-state index contributed by atoms with van der Waals surface area (Å²) in [5.74, 6) is 0.291. The second-order valence-corrected chi connectivity index (χ2v) is 11.7. The van der Waals surface area contributed by atoms with E-state index in [1.807, 2.05) is 0 Å². The van der Waals surface area contributed by atoms with Gasteiger partial charge >= 0.3 is 15.2 Å². The average molecular weight is 506 g/mol. The van der Waals surface area contributed by atoms with Gasteiger partial charge < -0.3 is 27.6 Å². The molecule has 0 bridgehead atoms. The number of methoxy groups -OCH3 is 2. The minimum atomic E-state index is -4.22. The minimum Gasteiger partial charge on any atom is -0.497 e. The Labute approximate surface area is 194 Å². The Morgan fingerprint density at radius 3 is 1.67 bits per heavy atom. The molecule has 0 saturated heterocycles. The molecule has 0 spiro atoms. The summed E-state index contributed by atoms with van der Waals surface area (Å²) in [6, 6.07) is 4.65. The molecule has 0 aliphatic carbocycles. The molecule has 1 aromatic carbocycles. The zero-order valence-electron chi connectivity index (χ0n) is 19.8. The van der Waals surface area contributed by atoms with Gasteiger partial charge in [0.25, 0.3) is 5.02 Å². The van der Waals surface area contributed by atoms with Crippen LogP contribution in [0.2, 0.25) is 0 Å². The lowest BCUT2D eigenvalue weighted by molar-refractivity contribution is 0.106. The lowest BCUT2D eigenvalue weighted by Crippen LogP contribution is -2.42. The maximum absolute atomic E-state index is 14.0. The number of ketones is 1. The summed E-state index contributed by atoms with van der Waals surface area (Å²) >= 11 is 0. The van der Waals surface area contributed by atoms with Crippen LogP contribution in [-0.2, 0) is 27.2 Å². The molecule has 0 unspecified atom stereocenters. The third kappa shape index (κ3) is 5.34. The lowest BCUT2D eigenvalue weighted by Gasteiger charge is -2.38. The van der Waals surface area contributed by atoms with E-state index >= 15 is 0 Å². The molecule has 0 aromatic heterocycles. The van der Waals surface area contributed by atoms with Gasteiger partial charge in [-0.3, -0.25) is 19.4 Å². The Morgan fingerprint density at radius 2 is 1.30 bits per heavy atom. The Hall–Kier alpha value is -1.74. The second-order valence-electron chi connectivity index (χ2n) is 6.76. The van der Waals surface area contributed by atoms with Crippen molar-refractivity contribution < 1.29 is 41.5 Å². The standard InChI is InChI=1S/C20H32N2O9P2/c1-7-28-32(24,29-8-2)20(33(25,30-9-3)31-10-4)14-18(21-22-20)19(23)15-11-16(26-5)13-17(12-15)27-6/h11-13,22H,7-10,14H2,1-6H3. The topological polar surface area (TPSA) is 131 Å². The molecule has 1 aliphatic heterocycles. The van der Waals surface area contributed by atoms with Crippen LogP contribution in [-0.4, -0.2) is 57.2 Å². The maximum Gasteiger partial charge on any atom is 0.370 e. The highest BCUT2D eigenvalue weighted by atomic mass is 31.2. The van der Waals surface area contributed by atoms with E-state index in [9.17, 15) is 13.9 Å². The quantitative estimate of drug-likeness (QED) is 0.286. The van der Waals surface area contributed by atoms with E-state index in [2.05, 4.69) is 10.5 Å².